The lowest BCUT2D eigenvalue weighted by atomic mass is 10.2. The Hall–Kier alpha value is 0.310. The zero-order chi connectivity index (χ0) is 10.8. The van der Waals surface area contributed by atoms with Gasteiger partial charge in [-0.15, -0.1) is 0 Å². The zero-order valence-electron chi connectivity index (χ0n) is 10.3. The van der Waals surface area contributed by atoms with E-state index in [9.17, 15) is 0 Å². The van der Waals surface area contributed by atoms with Gasteiger partial charge < -0.3 is 5.32 Å². The van der Waals surface area contributed by atoms with Crippen LogP contribution in [0.25, 0.3) is 0 Å². The van der Waals surface area contributed by atoms with Gasteiger partial charge in [0.05, 0.1) is 0 Å². The molecule has 0 aromatic rings. The third-order valence-corrected chi connectivity index (χ3v) is 3.84. The van der Waals surface area contributed by atoms with Crippen LogP contribution in [-0.2, 0) is 0 Å². The van der Waals surface area contributed by atoms with Crippen molar-refractivity contribution in [3.05, 3.63) is 0 Å². The third kappa shape index (κ3) is 7.69. The molecule has 0 bridgehead atoms. The SMILES string of the molecule is CCCCSC(C)CNC(CC)CC. The summed E-state index contributed by atoms with van der Waals surface area (Å²) in [5.41, 5.74) is 0. The summed E-state index contributed by atoms with van der Waals surface area (Å²) in [6.07, 6.45) is 5.19. The van der Waals surface area contributed by atoms with Crippen LogP contribution in [0.2, 0.25) is 0 Å². The Morgan fingerprint density at radius 1 is 1.14 bits per heavy atom. The first-order chi connectivity index (χ1) is 6.74. The monoisotopic (exact) mass is 217 g/mol. The Morgan fingerprint density at radius 3 is 2.29 bits per heavy atom. The molecule has 1 nitrogen and oxygen atoms in total. The second-order valence-electron chi connectivity index (χ2n) is 3.96. The fourth-order valence-corrected chi connectivity index (χ4v) is 2.47. The Balaban J connectivity index is 3.37. The molecule has 1 unspecified atom stereocenters. The van der Waals surface area contributed by atoms with E-state index in [2.05, 4.69) is 44.8 Å². The first-order valence-corrected chi connectivity index (χ1v) is 7.14. The average molecular weight is 217 g/mol. The summed E-state index contributed by atoms with van der Waals surface area (Å²) in [5, 5.41) is 4.39. The lowest BCUT2D eigenvalue weighted by Crippen LogP contribution is -2.32. The van der Waals surface area contributed by atoms with Crippen molar-refractivity contribution in [2.24, 2.45) is 0 Å². The minimum atomic E-state index is 0.726. The molecule has 0 fully saturated rings. The molecule has 0 aliphatic carbocycles. The third-order valence-electron chi connectivity index (χ3n) is 2.58. The van der Waals surface area contributed by atoms with Crippen molar-refractivity contribution in [1.82, 2.24) is 5.32 Å². The molecule has 0 aromatic heterocycles. The fraction of sp³-hybridized carbons (Fsp3) is 1.00. The van der Waals surface area contributed by atoms with Crippen molar-refractivity contribution in [3.63, 3.8) is 0 Å². The first-order valence-electron chi connectivity index (χ1n) is 6.09. The van der Waals surface area contributed by atoms with Crippen LogP contribution in [0.4, 0.5) is 0 Å². The molecule has 0 aliphatic rings. The van der Waals surface area contributed by atoms with Crippen LogP contribution >= 0.6 is 11.8 Å². The van der Waals surface area contributed by atoms with Gasteiger partial charge in [0, 0.05) is 17.8 Å². The summed E-state index contributed by atoms with van der Waals surface area (Å²) in [6.45, 7) is 10.3. The Labute approximate surface area is 94.4 Å². The van der Waals surface area contributed by atoms with Crippen molar-refractivity contribution in [2.45, 2.75) is 64.7 Å². The fourth-order valence-electron chi connectivity index (χ4n) is 1.40. The Bertz CT molecular complexity index is 113. The van der Waals surface area contributed by atoms with Gasteiger partial charge in [-0.1, -0.05) is 34.1 Å². The van der Waals surface area contributed by atoms with Gasteiger partial charge >= 0.3 is 0 Å². The van der Waals surface area contributed by atoms with Gasteiger partial charge in [-0.05, 0) is 25.0 Å². The van der Waals surface area contributed by atoms with Crippen LogP contribution in [0.5, 0.6) is 0 Å². The number of hydrogen-bond acceptors (Lipinski definition) is 2. The second-order valence-corrected chi connectivity index (χ2v) is 5.50. The van der Waals surface area contributed by atoms with Crippen LogP contribution in [0.3, 0.4) is 0 Å². The molecule has 0 aliphatic heterocycles. The van der Waals surface area contributed by atoms with E-state index in [0.29, 0.717) is 0 Å². The molecule has 1 atom stereocenters. The van der Waals surface area contributed by atoms with Gasteiger partial charge in [-0.3, -0.25) is 0 Å². The Kier molecular flexibility index (Phi) is 10.1. The van der Waals surface area contributed by atoms with Crippen molar-refractivity contribution < 1.29 is 0 Å². The number of hydrogen-bond donors (Lipinski definition) is 1. The van der Waals surface area contributed by atoms with E-state index in [0.717, 1.165) is 11.3 Å². The highest BCUT2D eigenvalue weighted by Crippen LogP contribution is 2.12. The average Bonchev–Trinajstić information content (AvgIpc) is 2.20. The van der Waals surface area contributed by atoms with Crippen LogP contribution in [0.15, 0.2) is 0 Å². The highest BCUT2D eigenvalue weighted by molar-refractivity contribution is 7.99. The van der Waals surface area contributed by atoms with E-state index in [1.807, 2.05) is 0 Å². The van der Waals surface area contributed by atoms with Crippen molar-refractivity contribution in [2.75, 3.05) is 12.3 Å². The smallest absolute Gasteiger partial charge is 0.0144 e. The summed E-state index contributed by atoms with van der Waals surface area (Å²) >= 11 is 2.10. The number of unbranched alkanes of at least 4 members (excludes halogenated alkanes) is 1. The molecule has 0 saturated heterocycles. The number of rotatable bonds is 9. The van der Waals surface area contributed by atoms with Gasteiger partial charge in [0.15, 0.2) is 0 Å². The summed E-state index contributed by atoms with van der Waals surface area (Å²) in [7, 11) is 0. The minimum absolute atomic E-state index is 0.726. The lowest BCUT2D eigenvalue weighted by Gasteiger charge is -2.18. The summed E-state index contributed by atoms with van der Waals surface area (Å²) in [4.78, 5) is 0. The molecule has 86 valence electrons. The minimum Gasteiger partial charge on any atom is -0.313 e. The molecule has 0 saturated carbocycles. The molecule has 0 heterocycles. The molecule has 0 rings (SSSR count). The number of nitrogens with one attached hydrogen (secondary N) is 1. The van der Waals surface area contributed by atoms with Gasteiger partial charge in [0.25, 0.3) is 0 Å². The maximum absolute atomic E-state index is 3.62. The molecule has 14 heavy (non-hydrogen) atoms. The van der Waals surface area contributed by atoms with E-state index >= 15 is 0 Å². The quantitative estimate of drug-likeness (QED) is 0.591. The zero-order valence-corrected chi connectivity index (χ0v) is 11.1. The molecule has 0 aromatic carbocycles. The molecule has 0 spiro atoms. The van der Waals surface area contributed by atoms with Gasteiger partial charge in [0.2, 0.25) is 0 Å². The second kappa shape index (κ2) is 9.85. The molecule has 0 amide bonds. The molecular formula is C12H27NS. The predicted octanol–water partition coefficient (Wildman–Crippen LogP) is 3.69. The van der Waals surface area contributed by atoms with Crippen LogP contribution in [0.1, 0.15) is 53.4 Å². The van der Waals surface area contributed by atoms with Crippen molar-refractivity contribution >= 4 is 11.8 Å². The van der Waals surface area contributed by atoms with Crippen LogP contribution in [-0.4, -0.2) is 23.6 Å². The molecule has 2 heteroatoms. The van der Waals surface area contributed by atoms with Crippen LogP contribution < -0.4 is 5.32 Å². The van der Waals surface area contributed by atoms with E-state index in [1.54, 1.807) is 0 Å². The molecule has 1 N–H and O–H groups in total. The predicted molar refractivity (Wildman–Crippen MR) is 69.2 cm³/mol. The van der Waals surface area contributed by atoms with Gasteiger partial charge in [0.1, 0.15) is 0 Å². The first kappa shape index (κ1) is 14.3. The normalized spacial score (nSPS) is 13.5. The molecule has 0 radical (unpaired) electrons. The highest BCUT2D eigenvalue weighted by atomic mass is 32.2. The maximum atomic E-state index is 3.62. The summed E-state index contributed by atoms with van der Waals surface area (Å²) in [6, 6.07) is 0.726. The van der Waals surface area contributed by atoms with E-state index in [-0.39, 0.29) is 0 Å². The van der Waals surface area contributed by atoms with Gasteiger partial charge in [-0.25, -0.2) is 0 Å². The van der Waals surface area contributed by atoms with E-state index in [1.165, 1.54) is 38.0 Å². The van der Waals surface area contributed by atoms with E-state index < -0.39 is 0 Å². The van der Waals surface area contributed by atoms with Gasteiger partial charge in [-0.2, -0.15) is 11.8 Å². The topological polar surface area (TPSA) is 12.0 Å². The Morgan fingerprint density at radius 2 is 1.79 bits per heavy atom. The summed E-state index contributed by atoms with van der Waals surface area (Å²) < 4.78 is 0. The largest absolute Gasteiger partial charge is 0.313 e. The van der Waals surface area contributed by atoms with E-state index in [4.69, 9.17) is 0 Å². The molecular weight excluding hydrogens is 190 g/mol. The van der Waals surface area contributed by atoms with Crippen LogP contribution in [0, 0.1) is 0 Å². The van der Waals surface area contributed by atoms with Crippen molar-refractivity contribution in [3.8, 4) is 0 Å². The lowest BCUT2D eigenvalue weighted by molar-refractivity contribution is 0.488. The maximum Gasteiger partial charge on any atom is 0.0144 e. The highest BCUT2D eigenvalue weighted by Gasteiger charge is 2.05. The van der Waals surface area contributed by atoms with Crippen molar-refractivity contribution in [1.29, 1.82) is 0 Å². The number of thioether (sulfide) groups is 1. The summed E-state index contributed by atoms with van der Waals surface area (Å²) in [5.74, 6) is 1.32. The standard InChI is InChI=1S/C12H27NS/c1-5-8-9-14-11(4)10-13-12(6-2)7-3/h11-13H,5-10H2,1-4H3.